The fourth-order valence-electron chi connectivity index (χ4n) is 1.07. The van der Waals surface area contributed by atoms with E-state index in [0.29, 0.717) is 10.6 Å². The third kappa shape index (κ3) is 4.13. The number of benzene rings is 1. The SMILES string of the molecule is CC/C=C/C=C/C(=O)c1ccc(Cl)cc1. The summed E-state index contributed by atoms with van der Waals surface area (Å²) in [5, 5.41) is 0.640. The number of carbonyl (C=O) groups excluding carboxylic acids is 1. The van der Waals surface area contributed by atoms with Gasteiger partial charge in [-0.15, -0.1) is 0 Å². The van der Waals surface area contributed by atoms with Gasteiger partial charge in [-0.1, -0.05) is 36.8 Å². The number of halogens is 1. The molecule has 0 bridgehead atoms. The van der Waals surface area contributed by atoms with E-state index in [2.05, 4.69) is 0 Å². The lowest BCUT2D eigenvalue weighted by Crippen LogP contribution is -1.92. The van der Waals surface area contributed by atoms with Crippen LogP contribution in [0.1, 0.15) is 23.7 Å². The third-order valence-corrected chi connectivity index (χ3v) is 2.11. The highest BCUT2D eigenvalue weighted by Crippen LogP contribution is 2.10. The summed E-state index contributed by atoms with van der Waals surface area (Å²) in [7, 11) is 0. The molecule has 78 valence electrons. The van der Waals surface area contributed by atoms with E-state index < -0.39 is 0 Å². The van der Waals surface area contributed by atoms with E-state index in [1.54, 1.807) is 36.4 Å². The van der Waals surface area contributed by atoms with Crippen LogP contribution in [0, 0.1) is 0 Å². The minimum atomic E-state index is -0.00702. The zero-order chi connectivity index (χ0) is 11.1. The molecule has 0 aliphatic carbocycles. The molecule has 0 aliphatic heterocycles. The number of carbonyl (C=O) groups is 1. The number of hydrogen-bond donors (Lipinski definition) is 0. The largest absolute Gasteiger partial charge is 0.289 e. The molecule has 0 spiro atoms. The van der Waals surface area contributed by atoms with Crippen LogP contribution in [0.4, 0.5) is 0 Å². The van der Waals surface area contributed by atoms with Crippen LogP contribution in [0.2, 0.25) is 5.02 Å². The summed E-state index contributed by atoms with van der Waals surface area (Å²) in [5.74, 6) is -0.00702. The fourth-order valence-corrected chi connectivity index (χ4v) is 1.19. The maximum atomic E-state index is 11.6. The summed E-state index contributed by atoms with van der Waals surface area (Å²) in [6.07, 6.45) is 8.13. The van der Waals surface area contributed by atoms with E-state index in [-0.39, 0.29) is 5.78 Å². The van der Waals surface area contributed by atoms with Crippen molar-refractivity contribution in [2.45, 2.75) is 13.3 Å². The standard InChI is InChI=1S/C13H13ClO/c1-2-3-4-5-6-13(15)11-7-9-12(14)10-8-11/h3-10H,2H2,1H3/b4-3+,6-5+. The zero-order valence-corrected chi connectivity index (χ0v) is 9.37. The van der Waals surface area contributed by atoms with Gasteiger partial charge in [-0.3, -0.25) is 4.79 Å². The Bertz CT molecular complexity index is 374. The molecule has 0 aliphatic rings. The molecule has 1 nitrogen and oxygen atoms in total. The third-order valence-electron chi connectivity index (χ3n) is 1.86. The van der Waals surface area contributed by atoms with Crippen LogP contribution in [0.15, 0.2) is 48.6 Å². The molecule has 1 rings (SSSR count). The lowest BCUT2D eigenvalue weighted by molar-refractivity contribution is 0.104. The zero-order valence-electron chi connectivity index (χ0n) is 8.61. The summed E-state index contributed by atoms with van der Waals surface area (Å²) in [5.41, 5.74) is 0.653. The average Bonchev–Trinajstić information content (AvgIpc) is 2.25. The Morgan fingerprint density at radius 1 is 1.27 bits per heavy atom. The molecule has 0 N–H and O–H groups in total. The minimum absolute atomic E-state index is 0.00702. The van der Waals surface area contributed by atoms with Crippen molar-refractivity contribution in [1.29, 1.82) is 0 Å². The smallest absolute Gasteiger partial charge is 0.185 e. The highest BCUT2D eigenvalue weighted by atomic mass is 35.5. The Hall–Kier alpha value is -1.34. The van der Waals surface area contributed by atoms with Gasteiger partial charge in [0, 0.05) is 10.6 Å². The van der Waals surface area contributed by atoms with Crippen molar-refractivity contribution in [2.24, 2.45) is 0 Å². The highest BCUT2D eigenvalue weighted by Gasteiger charge is 1.99. The van der Waals surface area contributed by atoms with E-state index >= 15 is 0 Å². The summed E-state index contributed by atoms with van der Waals surface area (Å²) < 4.78 is 0. The summed E-state index contributed by atoms with van der Waals surface area (Å²) in [6.45, 7) is 2.05. The van der Waals surface area contributed by atoms with Crippen molar-refractivity contribution in [3.8, 4) is 0 Å². The Kier molecular flexibility index (Phi) is 4.85. The van der Waals surface area contributed by atoms with Gasteiger partial charge in [0.2, 0.25) is 0 Å². The molecule has 0 aromatic heterocycles. The van der Waals surface area contributed by atoms with Crippen LogP contribution in [0.5, 0.6) is 0 Å². The Morgan fingerprint density at radius 2 is 1.93 bits per heavy atom. The second-order valence-electron chi connectivity index (χ2n) is 3.07. The van der Waals surface area contributed by atoms with Gasteiger partial charge in [-0.2, -0.15) is 0 Å². The molecule has 0 saturated heterocycles. The second-order valence-corrected chi connectivity index (χ2v) is 3.50. The number of ketones is 1. The van der Waals surface area contributed by atoms with Gasteiger partial charge in [0.15, 0.2) is 5.78 Å². The van der Waals surface area contributed by atoms with Crippen LogP contribution in [0.3, 0.4) is 0 Å². The molecule has 1 aromatic carbocycles. The Labute approximate surface area is 95.1 Å². The maximum Gasteiger partial charge on any atom is 0.185 e. The summed E-state index contributed by atoms with van der Waals surface area (Å²) in [4.78, 5) is 11.6. The normalized spacial score (nSPS) is 11.3. The lowest BCUT2D eigenvalue weighted by atomic mass is 10.1. The Morgan fingerprint density at radius 3 is 2.53 bits per heavy atom. The fraction of sp³-hybridized carbons (Fsp3) is 0.154. The molecule has 0 radical (unpaired) electrons. The van der Waals surface area contributed by atoms with E-state index in [9.17, 15) is 4.79 Å². The van der Waals surface area contributed by atoms with Crippen molar-refractivity contribution in [3.63, 3.8) is 0 Å². The molecule has 2 heteroatoms. The van der Waals surface area contributed by atoms with Crippen LogP contribution in [0.25, 0.3) is 0 Å². The van der Waals surface area contributed by atoms with Crippen molar-refractivity contribution in [1.82, 2.24) is 0 Å². The quantitative estimate of drug-likeness (QED) is 0.425. The molecule has 0 atom stereocenters. The van der Waals surface area contributed by atoms with Crippen molar-refractivity contribution in [2.75, 3.05) is 0 Å². The first-order valence-electron chi connectivity index (χ1n) is 4.87. The molecular formula is C13H13ClO. The van der Waals surface area contributed by atoms with Crippen molar-refractivity contribution < 1.29 is 4.79 Å². The molecule has 1 aromatic rings. The van der Waals surface area contributed by atoms with E-state index in [0.717, 1.165) is 6.42 Å². The monoisotopic (exact) mass is 220 g/mol. The van der Waals surface area contributed by atoms with Crippen LogP contribution >= 0.6 is 11.6 Å². The summed E-state index contributed by atoms with van der Waals surface area (Å²) >= 11 is 5.72. The van der Waals surface area contributed by atoms with Crippen LogP contribution in [-0.2, 0) is 0 Å². The van der Waals surface area contributed by atoms with Gasteiger partial charge in [0.05, 0.1) is 0 Å². The van der Waals surface area contributed by atoms with E-state index in [4.69, 9.17) is 11.6 Å². The van der Waals surface area contributed by atoms with Gasteiger partial charge in [0.25, 0.3) is 0 Å². The van der Waals surface area contributed by atoms with Gasteiger partial charge in [-0.25, -0.2) is 0 Å². The van der Waals surface area contributed by atoms with E-state index in [1.807, 2.05) is 19.1 Å². The molecule has 0 heterocycles. The topological polar surface area (TPSA) is 17.1 Å². The number of hydrogen-bond acceptors (Lipinski definition) is 1. The van der Waals surface area contributed by atoms with E-state index in [1.165, 1.54) is 0 Å². The lowest BCUT2D eigenvalue weighted by Gasteiger charge is -1.94. The van der Waals surface area contributed by atoms with Gasteiger partial charge in [0.1, 0.15) is 0 Å². The first kappa shape index (κ1) is 11.7. The van der Waals surface area contributed by atoms with Crippen molar-refractivity contribution >= 4 is 17.4 Å². The minimum Gasteiger partial charge on any atom is -0.289 e. The first-order valence-corrected chi connectivity index (χ1v) is 5.25. The predicted octanol–water partition coefficient (Wildman–Crippen LogP) is 4.05. The average molecular weight is 221 g/mol. The Balaban J connectivity index is 2.65. The van der Waals surface area contributed by atoms with Gasteiger partial charge >= 0.3 is 0 Å². The molecule has 0 fully saturated rings. The molecule has 15 heavy (non-hydrogen) atoms. The predicted molar refractivity (Wildman–Crippen MR) is 64.4 cm³/mol. The summed E-state index contributed by atoms with van der Waals surface area (Å²) in [6, 6.07) is 6.87. The second kappa shape index (κ2) is 6.20. The van der Waals surface area contributed by atoms with Gasteiger partial charge < -0.3 is 0 Å². The molecule has 0 unspecified atom stereocenters. The molecule has 0 saturated carbocycles. The van der Waals surface area contributed by atoms with Crippen LogP contribution in [-0.4, -0.2) is 5.78 Å². The number of rotatable bonds is 4. The first-order chi connectivity index (χ1) is 7.24. The highest BCUT2D eigenvalue weighted by molar-refractivity contribution is 6.30. The number of allylic oxidation sites excluding steroid dienone is 4. The molecular weight excluding hydrogens is 208 g/mol. The van der Waals surface area contributed by atoms with Crippen molar-refractivity contribution in [3.05, 3.63) is 59.2 Å². The maximum absolute atomic E-state index is 11.6. The van der Waals surface area contributed by atoms with Crippen LogP contribution < -0.4 is 0 Å². The van der Waals surface area contributed by atoms with Gasteiger partial charge in [-0.05, 0) is 36.8 Å². The molecule has 0 amide bonds.